The van der Waals surface area contributed by atoms with Crippen LogP contribution in [0.4, 0.5) is 17.1 Å². The van der Waals surface area contributed by atoms with Gasteiger partial charge in [-0.1, -0.05) is 6.07 Å². The zero-order chi connectivity index (χ0) is 15.3. The number of hydrogen-bond acceptors (Lipinski definition) is 5. The van der Waals surface area contributed by atoms with Gasteiger partial charge in [0.15, 0.2) is 0 Å². The summed E-state index contributed by atoms with van der Waals surface area (Å²) in [6.07, 6.45) is 0. The largest absolute Gasteiger partial charge is 0.382 e. The van der Waals surface area contributed by atoms with Crippen LogP contribution < -0.4 is 16.0 Å². The standard InChI is InChI=1S/C13H20N4O3/c1-8(2)15-13(18)9(3)16-11-7-5-6-10(14-4)12(11)17(19)20/h5-9,14,16H,1-4H3,(H,15,18). The molecule has 1 unspecified atom stereocenters. The molecule has 20 heavy (non-hydrogen) atoms. The Bertz CT molecular complexity index is 502. The van der Waals surface area contributed by atoms with Gasteiger partial charge in [-0.3, -0.25) is 14.9 Å². The number of nitro benzene ring substituents is 1. The van der Waals surface area contributed by atoms with E-state index < -0.39 is 11.0 Å². The van der Waals surface area contributed by atoms with Crippen molar-refractivity contribution in [2.45, 2.75) is 32.9 Å². The highest BCUT2D eigenvalue weighted by atomic mass is 16.6. The quantitative estimate of drug-likeness (QED) is 0.547. The molecular weight excluding hydrogens is 260 g/mol. The molecule has 1 aromatic rings. The maximum atomic E-state index is 11.8. The van der Waals surface area contributed by atoms with Crippen molar-refractivity contribution in [2.75, 3.05) is 17.7 Å². The Balaban J connectivity index is 2.97. The van der Waals surface area contributed by atoms with Crippen LogP contribution in [-0.4, -0.2) is 30.0 Å². The molecule has 1 amide bonds. The second-order valence-corrected chi connectivity index (χ2v) is 4.74. The first kappa shape index (κ1) is 15.7. The minimum absolute atomic E-state index is 0.0189. The van der Waals surface area contributed by atoms with E-state index in [9.17, 15) is 14.9 Å². The molecule has 0 heterocycles. The van der Waals surface area contributed by atoms with Gasteiger partial charge in [-0.15, -0.1) is 0 Å². The molecule has 1 rings (SSSR count). The van der Waals surface area contributed by atoms with Crippen LogP contribution >= 0.6 is 0 Å². The second kappa shape index (κ2) is 6.74. The van der Waals surface area contributed by atoms with E-state index >= 15 is 0 Å². The highest BCUT2D eigenvalue weighted by Gasteiger charge is 2.22. The van der Waals surface area contributed by atoms with Crippen LogP contribution in [-0.2, 0) is 4.79 Å². The van der Waals surface area contributed by atoms with Crippen LogP contribution in [0.2, 0.25) is 0 Å². The predicted octanol–water partition coefficient (Wildman–Crippen LogP) is 1.96. The summed E-state index contributed by atoms with van der Waals surface area (Å²) in [4.78, 5) is 22.5. The average molecular weight is 280 g/mol. The van der Waals surface area contributed by atoms with Crippen LogP contribution in [0, 0.1) is 10.1 Å². The molecule has 0 spiro atoms. The topological polar surface area (TPSA) is 96.3 Å². The molecule has 0 fully saturated rings. The Kier molecular flexibility index (Phi) is 5.31. The molecule has 0 aliphatic carbocycles. The van der Waals surface area contributed by atoms with Gasteiger partial charge in [0.2, 0.25) is 5.91 Å². The maximum absolute atomic E-state index is 11.8. The van der Waals surface area contributed by atoms with Crippen LogP contribution in [0.1, 0.15) is 20.8 Å². The van der Waals surface area contributed by atoms with Crippen molar-refractivity contribution in [1.29, 1.82) is 0 Å². The van der Waals surface area contributed by atoms with E-state index in [2.05, 4.69) is 16.0 Å². The third kappa shape index (κ3) is 3.84. The Hall–Kier alpha value is -2.31. The lowest BCUT2D eigenvalue weighted by atomic mass is 10.2. The van der Waals surface area contributed by atoms with E-state index in [-0.39, 0.29) is 17.6 Å². The number of hydrogen-bond donors (Lipinski definition) is 3. The monoisotopic (exact) mass is 280 g/mol. The molecule has 7 heteroatoms. The summed E-state index contributed by atoms with van der Waals surface area (Å²) in [5.41, 5.74) is 0.643. The molecule has 0 bridgehead atoms. The normalized spacial score (nSPS) is 11.8. The summed E-state index contributed by atoms with van der Waals surface area (Å²) in [7, 11) is 1.61. The molecule has 0 saturated carbocycles. The SMILES string of the molecule is CNc1cccc(NC(C)C(=O)NC(C)C)c1[N+](=O)[O-]. The number of nitro groups is 1. The van der Waals surface area contributed by atoms with Crippen LogP contribution in [0.5, 0.6) is 0 Å². The van der Waals surface area contributed by atoms with E-state index in [0.717, 1.165) is 0 Å². The number of nitrogens with zero attached hydrogens (tertiary/aromatic N) is 1. The van der Waals surface area contributed by atoms with Gasteiger partial charge in [-0.25, -0.2) is 0 Å². The summed E-state index contributed by atoms with van der Waals surface area (Å²) in [6.45, 7) is 5.37. The molecule has 0 saturated heterocycles. The van der Waals surface area contributed by atoms with Crippen molar-refractivity contribution in [3.8, 4) is 0 Å². The van der Waals surface area contributed by atoms with E-state index in [1.54, 1.807) is 32.2 Å². The predicted molar refractivity (Wildman–Crippen MR) is 79.0 cm³/mol. The third-order valence-electron chi connectivity index (χ3n) is 2.68. The zero-order valence-corrected chi connectivity index (χ0v) is 12.1. The number of para-hydroxylation sites is 1. The highest BCUT2D eigenvalue weighted by Crippen LogP contribution is 2.32. The Morgan fingerprint density at radius 2 is 1.85 bits per heavy atom. The zero-order valence-electron chi connectivity index (χ0n) is 12.1. The van der Waals surface area contributed by atoms with Gasteiger partial charge in [0.05, 0.1) is 4.92 Å². The second-order valence-electron chi connectivity index (χ2n) is 4.74. The summed E-state index contributed by atoms with van der Waals surface area (Å²) >= 11 is 0. The lowest BCUT2D eigenvalue weighted by Gasteiger charge is -2.17. The van der Waals surface area contributed by atoms with E-state index in [4.69, 9.17) is 0 Å². The number of benzene rings is 1. The lowest BCUT2D eigenvalue weighted by Crippen LogP contribution is -2.41. The average Bonchev–Trinajstić information content (AvgIpc) is 2.37. The first-order valence-electron chi connectivity index (χ1n) is 6.38. The molecular formula is C13H20N4O3. The van der Waals surface area contributed by atoms with Gasteiger partial charge in [0.1, 0.15) is 17.4 Å². The molecule has 0 radical (unpaired) electrons. The maximum Gasteiger partial charge on any atom is 0.315 e. The lowest BCUT2D eigenvalue weighted by molar-refractivity contribution is -0.383. The number of carbonyl (C=O) groups excluding carboxylic acids is 1. The van der Waals surface area contributed by atoms with E-state index in [0.29, 0.717) is 11.4 Å². The molecule has 1 atom stereocenters. The van der Waals surface area contributed by atoms with Crippen LogP contribution in [0.3, 0.4) is 0 Å². The van der Waals surface area contributed by atoms with Crippen LogP contribution in [0.15, 0.2) is 18.2 Å². The van der Waals surface area contributed by atoms with Crippen LogP contribution in [0.25, 0.3) is 0 Å². The Labute approximate surface area is 117 Å². The van der Waals surface area contributed by atoms with Gasteiger partial charge in [-0.05, 0) is 32.9 Å². The van der Waals surface area contributed by atoms with Crippen molar-refractivity contribution in [2.24, 2.45) is 0 Å². The highest BCUT2D eigenvalue weighted by molar-refractivity contribution is 5.86. The van der Waals surface area contributed by atoms with Crippen molar-refractivity contribution in [3.63, 3.8) is 0 Å². The van der Waals surface area contributed by atoms with Gasteiger partial charge >= 0.3 is 5.69 Å². The first-order valence-corrected chi connectivity index (χ1v) is 6.38. The minimum atomic E-state index is -0.566. The number of anilines is 2. The third-order valence-corrected chi connectivity index (χ3v) is 2.68. The Morgan fingerprint density at radius 1 is 1.25 bits per heavy atom. The van der Waals surface area contributed by atoms with Gasteiger partial charge < -0.3 is 16.0 Å². The number of carbonyl (C=O) groups is 1. The summed E-state index contributed by atoms with van der Waals surface area (Å²) in [6, 6.07) is 4.34. The molecule has 110 valence electrons. The van der Waals surface area contributed by atoms with Crippen molar-refractivity contribution >= 4 is 23.0 Å². The summed E-state index contributed by atoms with van der Waals surface area (Å²) in [5.74, 6) is -0.204. The summed E-state index contributed by atoms with van der Waals surface area (Å²) < 4.78 is 0. The summed E-state index contributed by atoms with van der Waals surface area (Å²) in [5, 5.41) is 19.6. The number of nitrogens with one attached hydrogen (secondary N) is 3. The fourth-order valence-electron chi connectivity index (χ4n) is 1.77. The number of rotatable bonds is 6. The van der Waals surface area contributed by atoms with Crippen molar-refractivity contribution < 1.29 is 9.72 Å². The van der Waals surface area contributed by atoms with E-state index in [1.807, 2.05) is 13.8 Å². The van der Waals surface area contributed by atoms with Gasteiger partial charge in [0, 0.05) is 13.1 Å². The van der Waals surface area contributed by atoms with Gasteiger partial charge in [0.25, 0.3) is 0 Å². The smallest absolute Gasteiger partial charge is 0.315 e. The first-order chi connectivity index (χ1) is 9.36. The molecule has 3 N–H and O–H groups in total. The van der Waals surface area contributed by atoms with E-state index in [1.165, 1.54) is 0 Å². The minimum Gasteiger partial charge on any atom is -0.382 e. The molecule has 0 aliphatic rings. The molecule has 7 nitrogen and oxygen atoms in total. The van der Waals surface area contributed by atoms with Gasteiger partial charge in [-0.2, -0.15) is 0 Å². The van der Waals surface area contributed by atoms with Crippen molar-refractivity contribution in [3.05, 3.63) is 28.3 Å². The molecule has 0 aromatic heterocycles. The Morgan fingerprint density at radius 3 is 2.35 bits per heavy atom. The fraction of sp³-hybridized carbons (Fsp3) is 0.462. The van der Waals surface area contributed by atoms with Crippen molar-refractivity contribution in [1.82, 2.24) is 5.32 Å². The fourth-order valence-corrected chi connectivity index (χ4v) is 1.77. The molecule has 0 aliphatic heterocycles. The molecule has 1 aromatic carbocycles. The number of amides is 1.